The Morgan fingerprint density at radius 2 is 2.30 bits per heavy atom. The molecule has 2 aromatic rings. The molecule has 0 aliphatic carbocycles. The average molecular weight is 296 g/mol. The molecular weight excluding hydrogens is 280 g/mol. The molecule has 0 bridgehead atoms. The van der Waals surface area contributed by atoms with Gasteiger partial charge in [-0.2, -0.15) is 5.10 Å². The number of aromatic nitrogens is 4. The second-order valence-electron chi connectivity index (χ2n) is 4.53. The molecule has 0 aromatic carbocycles. The van der Waals surface area contributed by atoms with E-state index in [-0.39, 0.29) is 11.7 Å². The molecule has 2 rings (SSSR count). The van der Waals surface area contributed by atoms with E-state index in [2.05, 4.69) is 33.9 Å². The van der Waals surface area contributed by atoms with Crippen LogP contribution in [0.3, 0.4) is 0 Å². The van der Waals surface area contributed by atoms with Crippen LogP contribution in [0.4, 0.5) is 0 Å². The molecular formula is C12H16N4O3S. The summed E-state index contributed by atoms with van der Waals surface area (Å²) in [5.74, 6) is 0.670. The highest BCUT2D eigenvalue weighted by Gasteiger charge is 2.15. The molecule has 0 N–H and O–H groups in total. The highest BCUT2D eigenvalue weighted by atomic mass is 32.2. The molecule has 0 saturated heterocycles. The SMILES string of the molecule is COC(=O)CSc1nnc(-c2ccnn2CC(C)C)o1. The maximum absolute atomic E-state index is 11.0. The molecule has 0 aliphatic rings. The molecule has 0 unspecified atom stereocenters. The molecule has 8 heteroatoms. The molecule has 20 heavy (non-hydrogen) atoms. The maximum Gasteiger partial charge on any atom is 0.316 e. The Hall–Kier alpha value is -1.83. The first kappa shape index (κ1) is 14.6. The van der Waals surface area contributed by atoms with Gasteiger partial charge in [0.25, 0.3) is 11.1 Å². The number of hydrogen-bond donors (Lipinski definition) is 0. The number of carbonyl (C=O) groups excluding carboxylic acids is 1. The molecule has 0 amide bonds. The summed E-state index contributed by atoms with van der Waals surface area (Å²) < 4.78 is 11.9. The van der Waals surface area contributed by atoms with Crippen molar-refractivity contribution in [3.8, 4) is 11.6 Å². The number of rotatable bonds is 6. The van der Waals surface area contributed by atoms with E-state index in [4.69, 9.17) is 4.42 Å². The second-order valence-corrected chi connectivity index (χ2v) is 5.46. The molecule has 0 atom stereocenters. The van der Waals surface area contributed by atoms with Crippen LogP contribution in [0.5, 0.6) is 0 Å². The van der Waals surface area contributed by atoms with Gasteiger partial charge in [-0.25, -0.2) is 0 Å². The third-order valence-electron chi connectivity index (χ3n) is 2.42. The van der Waals surface area contributed by atoms with E-state index in [0.717, 1.165) is 24.0 Å². The number of methoxy groups -OCH3 is 1. The first-order chi connectivity index (χ1) is 9.60. The lowest BCUT2D eigenvalue weighted by atomic mass is 10.2. The van der Waals surface area contributed by atoms with Crippen LogP contribution in [-0.4, -0.2) is 38.8 Å². The number of thioether (sulfide) groups is 1. The summed E-state index contributed by atoms with van der Waals surface area (Å²) in [6, 6.07) is 1.82. The van der Waals surface area contributed by atoms with Crippen LogP contribution in [0.15, 0.2) is 21.9 Å². The van der Waals surface area contributed by atoms with Gasteiger partial charge in [-0.05, 0) is 12.0 Å². The van der Waals surface area contributed by atoms with Gasteiger partial charge in [-0.1, -0.05) is 25.6 Å². The summed E-state index contributed by atoms with van der Waals surface area (Å²) in [6.07, 6.45) is 1.70. The number of hydrogen-bond acceptors (Lipinski definition) is 7. The predicted molar refractivity (Wildman–Crippen MR) is 73.1 cm³/mol. The molecule has 0 aliphatic heterocycles. The van der Waals surface area contributed by atoms with Crippen LogP contribution in [0, 0.1) is 5.92 Å². The zero-order chi connectivity index (χ0) is 14.5. The minimum Gasteiger partial charge on any atom is -0.468 e. The molecule has 0 fully saturated rings. The van der Waals surface area contributed by atoms with E-state index < -0.39 is 0 Å². The zero-order valence-electron chi connectivity index (χ0n) is 11.6. The minimum atomic E-state index is -0.334. The van der Waals surface area contributed by atoms with Crippen LogP contribution in [0.1, 0.15) is 13.8 Å². The van der Waals surface area contributed by atoms with Gasteiger partial charge < -0.3 is 9.15 Å². The first-order valence-electron chi connectivity index (χ1n) is 6.15. The Bertz CT molecular complexity index is 579. The second kappa shape index (κ2) is 6.56. The lowest BCUT2D eigenvalue weighted by molar-refractivity contribution is -0.137. The highest BCUT2D eigenvalue weighted by Crippen LogP contribution is 2.23. The molecule has 2 heterocycles. The van der Waals surface area contributed by atoms with E-state index >= 15 is 0 Å². The van der Waals surface area contributed by atoms with Gasteiger partial charge >= 0.3 is 5.97 Å². The van der Waals surface area contributed by atoms with E-state index in [0.29, 0.717) is 17.0 Å². The lowest BCUT2D eigenvalue weighted by Gasteiger charge is -2.06. The van der Waals surface area contributed by atoms with Gasteiger partial charge in [0, 0.05) is 12.7 Å². The van der Waals surface area contributed by atoms with Gasteiger partial charge in [0.05, 0.1) is 7.11 Å². The quantitative estimate of drug-likeness (QED) is 0.594. The predicted octanol–water partition coefficient (Wildman–Crippen LogP) is 1.85. The standard InChI is InChI=1S/C12H16N4O3S/c1-8(2)6-16-9(4-5-13-16)11-14-15-12(19-11)20-7-10(17)18-3/h4-5,8H,6-7H2,1-3H3. The van der Waals surface area contributed by atoms with Crippen LogP contribution >= 0.6 is 11.8 Å². The summed E-state index contributed by atoms with van der Waals surface area (Å²) in [5.41, 5.74) is 0.774. The summed E-state index contributed by atoms with van der Waals surface area (Å²) in [5, 5.41) is 12.4. The van der Waals surface area contributed by atoms with Crippen molar-refractivity contribution in [2.24, 2.45) is 5.92 Å². The van der Waals surface area contributed by atoms with Crippen LogP contribution in [0.25, 0.3) is 11.6 Å². The topological polar surface area (TPSA) is 83.0 Å². The van der Waals surface area contributed by atoms with E-state index in [1.807, 2.05) is 10.7 Å². The fraction of sp³-hybridized carbons (Fsp3) is 0.500. The van der Waals surface area contributed by atoms with Crippen molar-refractivity contribution < 1.29 is 13.9 Å². The number of esters is 1. The monoisotopic (exact) mass is 296 g/mol. The molecule has 0 radical (unpaired) electrons. The van der Waals surface area contributed by atoms with Crippen molar-refractivity contribution in [2.45, 2.75) is 25.6 Å². The van der Waals surface area contributed by atoms with Gasteiger partial charge in [0.15, 0.2) is 0 Å². The minimum absolute atomic E-state index is 0.142. The Morgan fingerprint density at radius 1 is 1.50 bits per heavy atom. The Labute approximate surface area is 120 Å². The van der Waals surface area contributed by atoms with Gasteiger partial charge in [-0.15, -0.1) is 10.2 Å². The van der Waals surface area contributed by atoms with Gasteiger partial charge in [0.1, 0.15) is 11.4 Å². The van der Waals surface area contributed by atoms with Crippen LogP contribution < -0.4 is 0 Å². The van der Waals surface area contributed by atoms with Crippen LogP contribution in [-0.2, 0) is 16.1 Å². The van der Waals surface area contributed by atoms with Crippen molar-refractivity contribution in [2.75, 3.05) is 12.9 Å². The lowest BCUT2D eigenvalue weighted by Crippen LogP contribution is -2.07. The molecule has 0 spiro atoms. The van der Waals surface area contributed by atoms with Crippen molar-refractivity contribution in [1.82, 2.24) is 20.0 Å². The maximum atomic E-state index is 11.0. The fourth-order valence-electron chi connectivity index (χ4n) is 1.56. The zero-order valence-corrected chi connectivity index (χ0v) is 12.4. The van der Waals surface area contributed by atoms with E-state index in [1.54, 1.807) is 6.20 Å². The van der Waals surface area contributed by atoms with Gasteiger partial charge in [-0.3, -0.25) is 9.48 Å². The van der Waals surface area contributed by atoms with Crippen molar-refractivity contribution in [3.05, 3.63) is 12.3 Å². The van der Waals surface area contributed by atoms with Crippen molar-refractivity contribution >= 4 is 17.7 Å². The third-order valence-corrected chi connectivity index (χ3v) is 3.21. The van der Waals surface area contributed by atoms with Crippen molar-refractivity contribution in [3.63, 3.8) is 0 Å². The molecule has 108 valence electrons. The first-order valence-corrected chi connectivity index (χ1v) is 7.14. The van der Waals surface area contributed by atoms with Gasteiger partial charge in [0.2, 0.25) is 0 Å². The number of ether oxygens (including phenoxy) is 1. The Balaban J connectivity index is 2.08. The molecule has 7 nitrogen and oxygen atoms in total. The molecule has 2 aromatic heterocycles. The van der Waals surface area contributed by atoms with Crippen LogP contribution in [0.2, 0.25) is 0 Å². The summed E-state index contributed by atoms with van der Waals surface area (Å²) >= 11 is 1.15. The fourth-order valence-corrected chi connectivity index (χ4v) is 2.15. The Morgan fingerprint density at radius 3 is 3.00 bits per heavy atom. The summed E-state index contributed by atoms with van der Waals surface area (Å²) in [6.45, 7) is 4.99. The number of carbonyl (C=O) groups is 1. The van der Waals surface area contributed by atoms with E-state index in [1.165, 1.54) is 7.11 Å². The number of nitrogens with zero attached hydrogens (tertiary/aromatic N) is 4. The normalized spacial score (nSPS) is 11.0. The smallest absolute Gasteiger partial charge is 0.316 e. The highest BCUT2D eigenvalue weighted by molar-refractivity contribution is 7.99. The largest absolute Gasteiger partial charge is 0.468 e. The average Bonchev–Trinajstić information content (AvgIpc) is 3.03. The van der Waals surface area contributed by atoms with E-state index in [9.17, 15) is 4.79 Å². The summed E-state index contributed by atoms with van der Waals surface area (Å²) in [4.78, 5) is 11.0. The molecule has 0 saturated carbocycles. The van der Waals surface area contributed by atoms with Crippen molar-refractivity contribution in [1.29, 1.82) is 0 Å². The third kappa shape index (κ3) is 3.60. The summed E-state index contributed by atoms with van der Waals surface area (Å²) in [7, 11) is 1.34. The Kier molecular flexibility index (Phi) is 4.78.